The molecule has 0 aromatic heterocycles. The van der Waals surface area contributed by atoms with Crippen molar-refractivity contribution in [2.24, 2.45) is 0 Å². The van der Waals surface area contributed by atoms with E-state index in [0.29, 0.717) is 12.0 Å². The highest BCUT2D eigenvalue weighted by molar-refractivity contribution is 5.75. The molecular weight excluding hydrogens is 376 g/mol. The summed E-state index contributed by atoms with van der Waals surface area (Å²) in [6, 6.07) is 12.1. The number of nitrogens with zero attached hydrogens (tertiary/aromatic N) is 1. The van der Waals surface area contributed by atoms with Crippen molar-refractivity contribution in [3.8, 4) is 5.75 Å². The summed E-state index contributed by atoms with van der Waals surface area (Å²) in [7, 11) is 1.32. The van der Waals surface area contributed by atoms with E-state index >= 15 is 0 Å². The number of hydrogen-bond acceptors (Lipinski definition) is 3. The summed E-state index contributed by atoms with van der Waals surface area (Å²) in [6.07, 6.45) is 4.91. The van der Waals surface area contributed by atoms with Crippen molar-refractivity contribution >= 4 is 11.7 Å². The standard InChI is InChI=1S/C23H23F2NO3/c1-28-21-13-17(12-20(24)22(21)25)16-10-18-8-5-9-19(11-16)26(18)23(27)29-14-15-6-3-2-4-7-15/h2-4,6-7,10,12-13,18-19H,5,8-9,11,14H2,1H3. The number of ether oxygens (including phenoxy) is 2. The molecule has 152 valence electrons. The Bertz CT molecular complexity index is 929. The fourth-order valence-electron chi connectivity index (χ4n) is 4.22. The summed E-state index contributed by atoms with van der Waals surface area (Å²) in [5, 5.41) is 0. The maximum Gasteiger partial charge on any atom is 0.410 e. The normalized spacial score (nSPS) is 20.8. The lowest BCUT2D eigenvalue weighted by atomic mass is 9.83. The average molecular weight is 399 g/mol. The lowest BCUT2D eigenvalue weighted by Gasteiger charge is -2.44. The molecule has 2 unspecified atom stereocenters. The minimum Gasteiger partial charge on any atom is -0.494 e. The molecule has 2 bridgehead atoms. The highest BCUT2D eigenvalue weighted by atomic mass is 19.2. The molecule has 1 saturated heterocycles. The highest BCUT2D eigenvalue weighted by Crippen LogP contribution is 2.39. The second kappa shape index (κ2) is 8.23. The Kier molecular flexibility index (Phi) is 5.51. The predicted octanol–water partition coefficient (Wildman–Crippen LogP) is 5.32. The van der Waals surface area contributed by atoms with E-state index in [1.54, 1.807) is 4.90 Å². The van der Waals surface area contributed by atoms with Gasteiger partial charge < -0.3 is 9.47 Å². The average Bonchev–Trinajstić information content (AvgIpc) is 2.73. The van der Waals surface area contributed by atoms with Gasteiger partial charge in [0.1, 0.15) is 6.61 Å². The zero-order valence-electron chi connectivity index (χ0n) is 16.2. The van der Waals surface area contributed by atoms with Gasteiger partial charge in [0, 0.05) is 6.04 Å². The Labute approximate surface area is 168 Å². The molecular formula is C23H23F2NO3. The van der Waals surface area contributed by atoms with Crippen LogP contribution >= 0.6 is 0 Å². The lowest BCUT2D eigenvalue weighted by Crippen LogP contribution is -2.51. The van der Waals surface area contributed by atoms with Crippen LogP contribution in [0.1, 0.15) is 36.8 Å². The number of methoxy groups -OCH3 is 1. The molecule has 2 aliphatic rings. The number of carbonyl (C=O) groups is 1. The van der Waals surface area contributed by atoms with Crippen molar-refractivity contribution in [2.45, 2.75) is 44.4 Å². The zero-order valence-corrected chi connectivity index (χ0v) is 16.2. The summed E-state index contributed by atoms with van der Waals surface area (Å²) in [5.74, 6) is -2.04. The molecule has 4 nitrogen and oxygen atoms in total. The molecule has 2 aromatic rings. The molecule has 1 fully saturated rings. The molecule has 1 amide bonds. The quantitative estimate of drug-likeness (QED) is 0.698. The van der Waals surface area contributed by atoms with Crippen molar-refractivity contribution in [1.82, 2.24) is 4.90 Å². The topological polar surface area (TPSA) is 38.8 Å². The Balaban J connectivity index is 1.54. The second-order valence-corrected chi connectivity index (χ2v) is 7.47. The van der Waals surface area contributed by atoms with Crippen LogP contribution in [0.4, 0.5) is 13.6 Å². The van der Waals surface area contributed by atoms with Gasteiger partial charge in [-0.15, -0.1) is 0 Å². The van der Waals surface area contributed by atoms with Gasteiger partial charge >= 0.3 is 6.09 Å². The fraction of sp³-hybridized carbons (Fsp3) is 0.348. The second-order valence-electron chi connectivity index (χ2n) is 7.47. The molecule has 29 heavy (non-hydrogen) atoms. The molecule has 4 rings (SSSR count). The third-order valence-electron chi connectivity index (χ3n) is 5.64. The van der Waals surface area contributed by atoms with E-state index in [1.165, 1.54) is 19.2 Å². The number of amides is 1. The van der Waals surface area contributed by atoms with Crippen LogP contribution < -0.4 is 4.74 Å². The van der Waals surface area contributed by atoms with Crippen LogP contribution in [-0.4, -0.2) is 30.2 Å². The number of piperidine rings is 1. The van der Waals surface area contributed by atoms with E-state index in [9.17, 15) is 13.6 Å². The van der Waals surface area contributed by atoms with Crippen LogP contribution in [0, 0.1) is 11.6 Å². The Morgan fingerprint density at radius 3 is 2.69 bits per heavy atom. The number of carbonyl (C=O) groups excluding carboxylic acids is 1. The summed E-state index contributed by atoms with van der Waals surface area (Å²) < 4.78 is 38.3. The van der Waals surface area contributed by atoms with Gasteiger partial charge in [0.2, 0.25) is 5.82 Å². The number of fused-ring (bicyclic) bond motifs is 2. The third kappa shape index (κ3) is 3.97. The monoisotopic (exact) mass is 399 g/mol. The van der Waals surface area contributed by atoms with Gasteiger partial charge in [-0.2, -0.15) is 4.39 Å². The van der Waals surface area contributed by atoms with Crippen molar-refractivity contribution < 1.29 is 23.0 Å². The third-order valence-corrected chi connectivity index (χ3v) is 5.64. The fourth-order valence-corrected chi connectivity index (χ4v) is 4.22. The Hall–Kier alpha value is -2.89. The Morgan fingerprint density at radius 1 is 1.17 bits per heavy atom. The van der Waals surface area contributed by atoms with E-state index in [1.807, 2.05) is 36.4 Å². The van der Waals surface area contributed by atoms with Gasteiger partial charge in [-0.05, 0) is 54.5 Å². The van der Waals surface area contributed by atoms with Crippen molar-refractivity contribution in [3.63, 3.8) is 0 Å². The number of hydrogen-bond donors (Lipinski definition) is 0. The SMILES string of the molecule is COc1cc(C2=CC3CCCC(C2)N3C(=O)OCc2ccccc2)cc(F)c1F. The summed E-state index contributed by atoms with van der Waals surface area (Å²) in [4.78, 5) is 14.6. The van der Waals surface area contributed by atoms with Crippen LogP contribution in [0.5, 0.6) is 5.75 Å². The predicted molar refractivity (Wildman–Crippen MR) is 105 cm³/mol. The van der Waals surface area contributed by atoms with E-state index in [2.05, 4.69) is 0 Å². The van der Waals surface area contributed by atoms with Crippen molar-refractivity contribution in [1.29, 1.82) is 0 Å². The van der Waals surface area contributed by atoms with Crippen LogP contribution in [0.3, 0.4) is 0 Å². The van der Waals surface area contributed by atoms with Crippen LogP contribution in [0.2, 0.25) is 0 Å². The molecule has 2 aromatic carbocycles. The van der Waals surface area contributed by atoms with E-state index in [4.69, 9.17) is 9.47 Å². The van der Waals surface area contributed by atoms with Gasteiger partial charge in [0.15, 0.2) is 11.6 Å². The van der Waals surface area contributed by atoms with E-state index in [-0.39, 0.29) is 30.5 Å². The van der Waals surface area contributed by atoms with Gasteiger partial charge in [0.25, 0.3) is 0 Å². The summed E-state index contributed by atoms with van der Waals surface area (Å²) in [6.45, 7) is 0.229. The van der Waals surface area contributed by atoms with Crippen molar-refractivity contribution in [3.05, 3.63) is 71.3 Å². The Morgan fingerprint density at radius 2 is 1.97 bits per heavy atom. The lowest BCUT2D eigenvalue weighted by molar-refractivity contribution is 0.0510. The molecule has 0 spiro atoms. The minimum absolute atomic E-state index is 0.0175. The molecule has 6 heteroatoms. The van der Waals surface area contributed by atoms with Gasteiger partial charge in [-0.1, -0.05) is 36.4 Å². The van der Waals surface area contributed by atoms with E-state index in [0.717, 1.165) is 30.4 Å². The summed E-state index contributed by atoms with van der Waals surface area (Å²) >= 11 is 0. The van der Waals surface area contributed by atoms with Gasteiger partial charge in [0.05, 0.1) is 13.2 Å². The molecule has 2 heterocycles. The molecule has 2 atom stereocenters. The molecule has 0 aliphatic carbocycles. The molecule has 0 N–H and O–H groups in total. The maximum absolute atomic E-state index is 14.0. The number of benzene rings is 2. The van der Waals surface area contributed by atoms with Crippen LogP contribution in [0.15, 0.2) is 48.5 Å². The van der Waals surface area contributed by atoms with Crippen LogP contribution in [0.25, 0.3) is 5.57 Å². The maximum atomic E-state index is 14.0. The largest absolute Gasteiger partial charge is 0.494 e. The van der Waals surface area contributed by atoms with Gasteiger partial charge in [-0.25, -0.2) is 9.18 Å². The van der Waals surface area contributed by atoms with E-state index < -0.39 is 11.6 Å². The first-order valence-corrected chi connectivity index (χ1v) is 9.80. The highest BCUT2D eigenvalue weighted by Gasteiger charge is 2.38. The smallest absolute Gasteiger partial charge is 0.410 e. The van der Waals surface area contributed by atoms with Gasteiger partial charge in [-0.3, -0.25) is 4.90 Å². The molecule has 2 aliphatic heterocycles. The molecule has 0 saturated carbocycles. The zero-order chi connectivity index (χ0) is 20.4. The van der Waals surface area contributed by atoms with Crippen molar-refractivity contribution in [2.75, 3.05) is 7.11 Å². The minimum atomic E-state index is -0.987. The first kappa shape index (κ1) is 19.4. The van der Waals surface area contributed by atoms with Crippen LogP contribution in [-0.2, 0) is 11.3 Å². The number of halogens is 2. The summed E-state index contributed by atoms with van der Waals surface area (Å²) in [5.41, 5.74) is 2.44. The molecule has 0 radical (unpaired) electrons. The first-order valence-electron chi connectivity index (χ1n) is 9.80. The first-order chi connectivity index (χ1) is 14.1. The number of rotatable bonds is 4.